The van der Waals surface area contributed by atoms with Gasteiger partial charge in [0, 0.05) is 11.5 Å². The highest BCUT2D eigenvalue weighted by molar-refractivity contribution is 6.54. The van der Waals surface area contributed by atoms with Gasteiger partial charge in [-0.1, -0.05) is 32.0 Å². The lowest BCUT2D eigenvalue weighted by molar-refractivity contribution is -0.451. The maximum atomic E-state index is 13.8. The van der Waals surface area contributed by atoms with Crippen LogP contribution in [0.1, 0.15) is 25.8 Å². The molecule has 1 fully saturated rings. The Labute approximate surface area is 111 Å². The van der Waals surface area contributed by atoms with E-state index in [1.165, 1.54) is 6.21 Å². The van der Waals surface area contributed by atoms with Gasteiger partial charge in [0.1, 0.15) is 6.21 Å². The summed E-state index contributed by atoms with van der Waals surface area (Å²) < 4.78 is 32.6. The van der Waals surface area contributed by atoms with Gasteiger partial charge in [0.05, 0.1) is 0 Å². The van der Waals surface area contributed by atoms with Crippen molar-refractivity contribution < 1.29 is 22.6 Å². The van der Waals surface area contributed by atoms with Crippen LogP contribution in [0.15, 0.2) is 30.3 Å². The van der Waals surface area contributed by atoms with Gasteiger partial charge in [0.25, 0.3) is 0 Å². The summed E-state index contributed by atoms with van der Waals surface area (Å²) in [6, 6.07) is 7.83. The molecule has 2 unspecified atom stereocenters. The standard InChI is InChI=1S/C13H16BF2NO2/c1-3-10(2)12-13(18)19-14(15,16)17(12)9-11-7-5-4-6-8-11/h4-10,12H,3H2,1-2H3. The molecule has 3 nitrogen and oxygen atoms in total. The maximum Gasteiger partial charge on any atom is 0.831 e. The number of hydrogen-bond acceptors (Lipinski definition) is 2. The second-order valence-corrected chi connectivity index (χ2v) is 4.82. The molecule has 0 saturated carbocycles. The average molecular weight is 267 g/mol. The molecule has 19 heavy (non-hydrogen) atoms. The van der Waals surface area contributed by atoms with Crippen molar-refractivity contribution in [1.82, 2.24) is 0 Å². The Morgan fingerprint density at radius 3 is 2.63 bits per heavy atom. The molecule has 1 heterocycles. The van der Waals surface area contributed by atoms with Gasteiger partial charge in [-0.2, -0.15) is 0 Å². The van der Waals surface area contributed by atoms with Crippen LogP contribution in [-0.4, -0.2) is 29.8 Å². The minimum atomic E-state index is -4.28. The van der Waals surface area contributed by atoms with E-state index in [0.717, 1.165) is 4.49 Å². The van der Waals surface area contributed by atoms with E-state index in [2.05, 4.69) is 4.65 Å². The third-order valence-electron chi connectivity index (χ3n) is 3.45. The van der Waals surface area contributed by atoms with Crippen molar-refractivity contribution in [3.05, 3.63) is 35.9 Å². The Bertz CT molecular complexity index is 505. The van der Waals surface area contributed by atoms with Gasteiger partial charge in [-0.15, -0.1) is 0 Å². The van der Waals surface area contributed by atoms with Gasteiger partial charge in [-0.25, -0.2) is 4.79 Å². The van der Waals surface area contributed by atoms with Crippen molar-refractivity contribution in [2.75, 3.05) is 0 Å². The molecule has 102 valence electrons. The van der Waals surface area contributed by atoms with E-state index in [-0.39, 0.29) is 5.92 Å². The zero-order valence-corrected chi connectivity index (χ0v) is 10.9. The molecule has 2 rings (SSSR count). The SMILES string of the molecule is CCC(C)C1C(=O)O[B-](F)(F)[N+]1=Cc1ccccc1. The first-order chi connectivity index (χ1) is 8.95. The van der Waals surface area contributed by atoms with E-state index in [1.54, 1.807) is 37.3 Å². The lowest BCUT2D eigenvalue weighted by atomic mass is 9.95. The fraction of sp³-hybridized carbons (Fsp3) is 0.385. The maximum absolute atomic E-state index is 13.8. The second-order valence-electron chi connectivity index (χ2n) is 4.82. The molecule has 6 heteroatoms. The van der Waals surface area contributed by atoms with Crippen LogP contribution in [0.25, 0.3) is 0 Å². The molecule has 1 saturated heterocycles. The van der Waals surface area contributed by atoms with Gasteiger partial charge >= 0.3 is 13.0 Å². The van der Waals surface area contributed by atoms with E-state index in [4.69, 9.17) is 0 Å². The van der Waals surface area contributed by atoms with Gasteiger partial charge in [0.2, 0.25) is 6.04 Å². The van der Waals surface area contributed by atoms with Crippen LogP contribution in [0.5, 0.6) is 0 Å². The van der Waals surface area contributed by atoms with Crippen molar-refractivity contribution in [2.24, 2.45) is 5.92 Å². The largest absolute Gasteiger partial charge is 0.831 e. The number of rotatable bonds is 3. The quantitative estimate of drug-likeness (QED) is 0.787. The van der Waals surface area contributed by atoms with Crippen molar-refractivity contribution in [3.8, 4) is 0 Å². The zero-order valence-electron chi connectivity index (χ0n) is 10.9. The Balaban J connectivity index is 2.43. The van der Waals surface area contributed by atoms with E-state index in [1.807, 2.05) is 6.92 Å². The molecule has 1 aromatic carbocycles. The minimum absolute atomic E-state index is 0.192. The van der Waals surface area contributed by atoms with Crippen LogP contribution in [0.4, 0.5) is 8.63 Å². The fourth-order valence-electron chi connectivity index (χ4n) is 2.21. The predicted octanol–water partition coefficient (Wildman–Crippen LogP) is 2.46. The molecule has 0 N–H and O–H groups in total. The lowest BCUT2D eigenvalue weighted by Gasteiger charge is -2.17. The summed E-state index contributed by atoms with van der Waals surface area (Å²) in [5.41, 5.74) is 0.621. The molecule has 0 radical (unpaired) electrons. The summed E-state index contributed by atoms with van der Waals surface area (Å²) in [4.78, 5) is 11.6. The Hall–Kier alpha value is -1.72. The predicted molar refractivity (Wildman–Crippen MR) is 69.2 cm³/mol. The van der Waals surface area contributed by atoms with Crippen LogP contribution in [0.2, 0.25) is 0 Å². The van der Waals surface area contributed by atoms with Gasteiger partial charge in [-0.05, 0) is 18.6 Å². The van der Waals surface area contributed by atoms with Crippen LogP contribution < -0.4 is 0 Å². The van der Waals surface area contributed by atoms with E-state index in [0.29, 0.717) is 12.0 Å². The van der Waals surface area contributed by atoms with Crippen LogP contribution >= 0.6 is 0 Å². The zero-order chi connectivity index (χ0) is 14.0. The Morgan fingerprint density at radius 2 is 2.05 bits per heavy atom. The second kappa shape index (κ2) is 5.11. The molecule has 1 aromatic rings. The van der Waals surface area contributed by atoms with Crippen LogP contribution in [0.3, 0.4) is 0 Å². The lowest BCUT2D eigenvalue weighted by Crippen LogP contribution is -2.42. The van der Waals surface area contributed by atoms with E-state index >= 15 is 0 Å². The Morgan fingerprint density at radius 1 is 1.42 bits per heavy atom. The molecule has 0 amide bonds. The van der Waals surface area contributed by atoms with Crippen molar-refractivity contribution >= 4 is 19.2 Å². The summed E-state index contributed by atoms with van der Waals surface area (Å²) in [5, 5.41) is 0. The van der Waals surface area contributed by atoms with Crippen LogP contribution in [0, 0.1) is 5.92 Å². The third kappa shape index (κ3) is 2.67. The first-order valence-electron chi connectivity index (χ1n) is 6.37. The van der Waals surface area contributed by atoms with Crippen molar-refractivity contribution in [3.63, 3.8) is 0 Å². The number of benzene rings is 1. The number of carbonyl (C=O) groups is 1. The Kier molecular flexibility index (Phi) is 3.69. The molecule has 0 aromatic heterocycles. The molecule has 0 spiro atoms. The summed E-state index contributed by atoms with van der Waals surface area (Å²) >= 11 is 0. The fourth-order valence-corrected chi connectivity index (χ4v) is 2.21. The van der Waals surface area contributed by atoms with Gasteiger partial charge in [0.15, 0.2) is 0 Å². The van der Waals surface area contributed by atoms with Crippen molar-refractivity contribution in [1.29, 1.82) is 0 Å². The highest BCUT2D eigenvalue weighted by Gasteiger charge is 2.60. The first kappa shape index (κ1) is 13.7. The number of carbonyl (C=O) groups excluding carboxylic acids is 1. The first-order valence-corrected chi connectivity index (χ1v) is 6.37. The molecular formula is C13H16BF2NO2. The average Bonchev–Trinajstić information content (AvgIpc) is 2.59. The monoisotopic (exact) mass is 267 g/mol. The van der Waals surface area contributed by atoms with Crippen LogP contribution in [-0.2, 0) is 9.45 Å². The highest BCUT2D eigenvalue weighted by atomic mass is 19.3. The van der Waals surface area contributed by atoms with Gasteiger partial charge < -0.3 is 17.8 Å². The molecule has 1 aliphatic heterocycles. The normalized spacial score (nSPS) is 25.4. The summed E-state index contributed by atoms with van der Waals surface area (Å²) in [5.74, 6) is -1.03. The van der Waals surface area contributed by atoms with E-state index in [9.17, 15) is 13.4 Å². The number of halogens is 2. The number of hydrogen-bond donors (Lipinski definition) is 0. The topological polar surface area (TPSA) is 29.3 Å². The smallest absolute Gasteiger partial charge is 0.568 e. The molecule has 0 bridgehead atoms. The number of nitrogens with zero attached hydrogens (tertiary/aromatic N) is 1. The van der Waals surface area contributed by atoms with Crippen molar-refractivity contribution in [2.45, 2.75) is 26.3 Å². The molecule has 0 aliphatic carbocycles. The van der Waals surface area contributed by atoms with Gasteiger partial charge in [-0.3, -0.25) is 0 Å². The molecular weight excluding hydrogens is 251 g/mol. The third-order valence-corrected chi connectivity index (χ3v) is 3.45. The minimum Gasteiger partial charge on any atom is -0.568 e. The van der Waals surface area contributed by atoms with E-state index < -0.39 is 19.0 Å². The summed E-state index contributed by atoms with van der Waals surface area (Å²) in [6.45, 7) is 3.64. The molecule has 1 aliphatic rings. The molecule has 2 atom stereocenters. The summed E-state index contributed by atoms with van der Waals surface area (Å²) in [7, 11) is -4.28. The summed E-state index contributed by atoms with van der Waals surface area (Å²) in [6.07, 6.45) is 1.94. The highest BCUT2D eigenvalue weighted by Crippen LogP contribution is 2.28.